The lowest BCUT2D eigenvalue weighted by atomic mass is 10.0. The number of nitrogens with two attached hydrogens (primary N) is 1. The molecule has 7 aromatic rings. The van der Waals surface area contributed by atoms with Gasteiger partial charge in [-0.2, -0.15) is 0 Å². The van der Waals surface area contributed by atoms with E-state index < -0.39 is 5.60 Å². The molecule has 0 unspecified atom stereocenters. The molecule has 0 spiro atoms. The number of hydrogen-bond acceptors (Lipinski definition) is 15. The maximum absolute atomic E-state index is 12.4. The number of fused-ring (bicyclic) bond motifs is 2. The predicted octanol–water partition coefficient (Wildman–Crippen LogP) is 7.72. The van der Waals surface area contributed by atoms with Gasteiger partial charge in [0.2, 0.25) is 5.13 Å². The van der Waals surface area contributed by atoms with Crippen molar-refractivity contribution in [1.29, 1.82) is 0 Å². The summed E-state index contributed by atoms with van der Waals surface area (Å²) in [6.45, 7) is 10.6. The van der Waals surface area contributed by atoms with Gasteiger partial charge in [-0.15, -0.1) is 10.2 Å². The molecule has 6 N–H and O–H groups in total. The number of aromatic nitrogens is 6. The van der Waals surface area contributed by atoms with Gasteiger partial charge >= 0.3 is 6.09 Å². The Balaban J connectivity index is 0.000000169. The van der Waals surface area contributed by atoms with Gasteiger partial charge in [-0.25, -0.2) is 24.7 Å². The van der Waals surface area contributed by atoms with Crippen molar-refractivity contribution < 1.29 is 19.4 Å². The number of benzene rings is 4. The maximum atomic E-state index is 12.4. The zero-order valence-corrected chi connectivity index (χ0v) is 35.2. The highest BCUT2D eigenvalue weighted by Gasteiger charge is 2.30. The molecule has 2 saturated heterocycles. The molecule has 0 saturated carbocycles. The number of ether oxygens (including phenoxy) is 1. The summed E-state index contributed by atoms with van der Waals surface area (Å²) in [5.41, 5.74) is 10.6. The first-order valence-corrected chi connectivity index (χ1v) is 21.0. The van der Waals surface area contributed by atoms with Gasteiger partial charge < -0.3 is 36.4 Å². The van der Waals surface area contributed by atoms with Crippen molar-refractivity contribution in [3.8, 4) is 39.1 Å². The Hall–Kier alpha value is -6.78. The number of para-hydroxylation sites is 2. The van der Waals surface area contributed by atoms with E-state index in [4.69, 9.17) is 30.4 Å². The van der Waals surface area contributed by atoms with Crippen molar-refractivity contribution in [2.24, 2.45) is 0 Å². The fraction of sp³-hybridized carbons (Fsp3) is 0.289. The smallest absolute Gasteiger partial charge is 0.410 e. The number of nitrogens with one attached hydrogen (secondary N) is 3. The Morgan fingerprint density at radius 1 is 0.869 bits per heavy atom. The highest BCUT2D eigenvalue weighted by atomic mass is 32.1. The van der Waals surface area contributed by atoms with Crippen LogP contribution in [0.2, 0.25) is 0 Å². The van der Waals surface area contributed by atoms with Crippen LogP contribution in [0.3, 0.4) is 0 Å². The van der Waals surface area contributed by atoms with Crippen LogP contribution in [0.1, 0.15) is 49.5 Å². The van der Waals surface area contributed by atoms with Crippen molar-refractivity contribution in [2.45, 2.75) is 58.2 Å². The molecule has 5 heterocycles. The highest BCUT2D eigenvalue weighted by molar-refractivity contribution is 7.18. The van der Waals surface area contributed by atoms with Crippen LogP contribution in [0.5, 0.6) is 5.75 Å². The van der Waals surface area contributed by atoms with Gasteiger partial charge in [0.1, 0.15) is 34.3 Å². The first-order valence-electron chi connectivity index (χ1n) is 20.1. The number of hydrogen-bond donors (Lipinski definition) is 5. The predicted molar refractivity (Wildman–Crippen MR) is 240 cm³/mol. The minimum Gasteiger partial charge on any atom is -0.507 e. The van der Waals surface area contributed by atoms with Gasteiger partial charge in [0.15, 0.2) is 11.6 Å². The van der Waals surface area contributed by atoms with E-state index in [1.807, 2.05) is 94.4 Å². The number of nitrogens with zero attached hydrogens (tertiary/aromatic N) is 7. The van der Waals surface area contributed by atoms with Crippen molar-refractivity contribution in [2.75, 3.05) is 42.5 Å². The first kappa shape index (κ1) is 41.0. The number of aryl methyl sites for hydroxylation is 1. The standard InChI is InChI=1S/C25H28N4O3.C20H19N7OS/c1-16-9-10-17(15-30)13-20(16)23-27-21-8-6-5-7-19(21)22(28-23)26-18-11-12-29(14-18)24(31)32-25(2,3)4;21-20-27-26-19(29-20)11-5-6-16(28)14(9-11)18-24-15-4-2-1-3-13(15)17(25-18)23-12-7-8-22-10-12/h5-10,13,15,18H,11-12,14H2,1-4H3,(H,26,27,28);1-6,9,12,22,28H,7-8,10H2,(H2,21,27)(H,23,24,25)/t18-;12-/m00/s1. The maximum Gasteiger partial charge on any atom is 0.410 e. The van der Waals surface area contributed by atoms with Gasteiger partial charge in [-0.1, -0.05) is 47.7 Å². The number of phenolic OH excluding ortho intramolecular Hbond substituents is 1. The van der Waals surface area contributed by atoms with Crippen LogP contribution in [0, 0.1) is 6.92 Å². The second-order valence-electron chi connectivity index (χ2n) is 16.1. The van der Waals surface area contributed by atoms with Crippen molar-refractivity contribution in [1.82, 2.24) is 40.3 Å². The van der Waals surface area contributed by atoms with Crippen LogP contribution in [0.15, 0.2) is 84.9 Å². The highest BCUT2D eigenvalue weighted by Crippen LogP contribution is 2.36. The van der Waals surface area contributed by atoms with E-state index in [9.17, 15) is 14.7 Å². The molecule has 9 rings (SSSR count). The van der Waals surface area contributed by atoms with E-state index in [0.717, 1.165) is 82.3 Å². The zero-order chi connectivity index (χ0) is 42.7. The molecule has 15 nitrogen and oxygen atoms in total. The Bertz CT molecular complexity index is 2730. The summed E-state index contributed by atoms with van der Waals surface area (Å²) in [7, 11) is 0. The van der Waals surface area contributed by atoms with Crippen LogP contribution < -0.4 is 21.7 Å². The lowest BCUT2D eigenvalue weighted by molar-refractivity contribution is 0.0293. The van der Waals surface area contributed by atoms with Crippen molar-refractivity contribution >= 4 is 62.3 Å². The Labute approximate surface area is 356 Å². The molecule has 312 valence electrons. The van der Waals surface area contributed by atoms with Crippen molar-refractivity contribution in [3.63, 3.8) is 0 Å². The topological polar surface area (TPSA) is 206 Å². The number of carbonyl (C=O) groups is 2. The molecular formula is C45H47N11O4S. The number of carbonyl (C=O) groups excluding carboxylic acids is 2. The second kappa shape index (κ2) is 17.4. The molecule has 2 aliphatic heterocycles. The van der Waals surface area contributed by atoms with Gasteiger partial charge in [0, 0.05) is 59.2 Å². The van der Waals surface area contributed by atoms with E-state index in [-0.39, 0.29) is 17.9 Å². The zero-order valence-electron chi connectivity index (χ0n) is 34.3. The van der Waals surface area contributed by atoms with E-state index >= 15 is 0 Å². The molecule has 0 radical (unpaired) electrons. The fourth-order valence-corrected chi connectivity index (χ4v) is 7.91. The van der Waals surface area contributed by atoms with E-state index in [0.29, 0.717) is 52.0 Å². The average molecular weight is 838 g/mol. The number of amides is 1. The van der Waals surface area contributed by atoms with Gasteiger partial charge in [0.05, 0.1) is 16.6 Å². The normalized spacial score (nSPS) is 16.3. The molecule has 4 aromatic carbocycles. The minimum absolute atomic E-state index is 0.0519. The SMILES string of the molecule is Cc1ccc(C=O)cc1-c1nc(N[C@H]2CCN(C(=O)OC(C)(C)C)C2)c2ccccc2n1.Nc1nnc(-c2ccc(O)c(-c3nc(N[C@H]4CCNC4)c4ccccc4n3)c2)s1. The van der Waals surface area contributed by atoms with Crippen LogP contribution in [-0.4, -0.2) is 96.4 Å². The quantitative estimate of drug-likeness (QED) is 0.0930. The second-order valence-corrected chi connectivity index (χ2v) is 17.1. The third-order valence-corrected chi connectivity index (χ3v) is 11.2. The van der Waals surface area contributed by atoms with Gasteiger partial charge in [0.25, 0.3) is 0 Å². The molecule has 0 bridgehead atoms. The van der Waals surface area contributed by atoms with Crippen molar-refractivity contribution in [3.05, 3.63) is 96.1 Å². The third-order valence-electron chi connectivity index (χ3n) is 10.4. The van der Waals surface area contributed by atoms with E-state index in [1.165, 1.54) is 11.3 Å². The van der Waals surface area contributed by atoms with Crippen LogP contribution in [0.25, 0.3) is 55.2 Å². The molecular weight excluding hydrogens is 791 g/mol. The number of aromatic hydroxyl groups is 1. The van der Waals surface area contributed by atoms with E-state index in [1.54, 1.807) is 23.1 Å². The number of aldehydes is 1. The molecule has 2 aliphatic rings. The molecule has 2 atom stereocenters. The molecule has 16 heteroatoms. The van der Waals surface area contributed by atoms with Crippen LogP contribution in [-0.2, 0) is 4.74 Å². The minimum atomic E-state index is -0.520. The molecule has 0 aliphatic carbocycles. The number of phenols is 1. The monoisotopic (exact) mass is 837 g/mol. The molecule has 3 aromatic heterocycles. The summed E-state index contributed by atoms with van der Waals surface area (Å²) in [5, 5.41) is 31.8. The van der Waals surface area contributed by atoms with E-state index in [2.05, 4.69) is 26.1 Å². The van der Waals surface area contributed by atoms with Crippen LogP contribution >= 0.6 is 11.3 Å². The van der Waals surface area contributed by atoms with Gasteiger partial charge in [-0.3, -0.25) is 4.79 Å². The summed E-state index contributed by atoms with van der Waals surface area (Å²) >= 11 is 1.29. The van der Waals surface area contributed by atoms with Crippen LogP contribution in [0.4, 0.5) is 21.6 Å². The number of likely N-dealkylation sites (tertiary alicyclic amines) is 1. The average Bonchev–Trinajstić information content (AvgIpc) is 4.04. The summed E-state index contributed by atoms with van der Waals surface area (Å²) in [5.74, 6) is 2.61. The number of anilines is 3. The number of rotatable bonds is 8. The summed E-state index contributed by atoms with van der Waals surface area (Å²) in [4.78, 5) is 44.5. The number of nitrogen functional groups attached to an aromatic ring is 1. The Kier molecular flexibility index (Phi) is 11.7. The van der Waals surface area contributed by atoms with Gasteiger partial charge in [-0.05, 0) is 101 Å². The molecule has 2 fully saturated rings. The Morgan fingerprint density at radius 2 is 1.54 bits per heavy atom. The lowest BCUT2D eigenvalue weighted by Gasteiger charge is -2.24. The Morgan fingerprint density at radius 3 is 2.16 bits per heavy atom. The summed E-state index contributed by atoms with van der Waals surface area (Å²) in [6, 6.07) is 26.8. The summed E-state index contributed by atoms with van der Waals surface area (Å²) < 4.78 is 5.51. The lowest BCUT2D eigenvalue weighted by Crippen LogP contribution is -2.36. The molecule has 61 heavy (non-hydrogen) atoms. The summed E-state index contributed by atoms with van der Waals surface area (Å²) in [6.07, 6.45) is 2.36. The first-order chi connectivity index (χ1) is 29.4. The fourth-order valence-electron chi connectivity index (χ4n) is 7.30. The molecule has 1 amide bonds. The largest absolute Gasteiger partial charge is 0.507 e. The third kappa shape index (κ3) is 9.50.